The normalized spacial score (nSPS) is 20.7. The Morgan fingerprint density at radius 1 is 1.43 bits per heavy atom. The van der Waals surface area contributed by atoms with Crippen molar-refractivity contribution in [1.82, 2.24) is 4.90 Å². The fourth-order valence-corrected chi connectivity index (χ4v) is 2.21. The molecule has 0 spiro atoms. The van der Waals surface area contributed by atoms with Crippen LogP contribution in [0.2, 0.25) is 0 Å². The Bertz CT molecular complexity index is 571. The Hall–Kier alpha value is -2.73. The molecule has 1 aromatic rings. The number of nitrogens with zero attached hydrogens (tertiary/aromatic N) is 4. The van der Waals surface area contributed by atoms with Gasteiger partial charge in [-0.05, 0) is 17.5 Å². The van der Waals surface area contributed by atoms with Crippen LogP contribution >= 0.6 is 0 Å². The highest BCUT2D eigenvalue weighted by molar-refractivity contribution is 5.81. The van der Waals surface area contributed by atoms with Crippen molar-refractivity contribution in [2.24, 2.45) is 5.11 Å². The SMILES string of the molecule is [N-]=[N+]=N[C@@H]1C[C@@H](C(=O)O)N(C(=O)OCc2ccccc2)C1. The number of likely N-dealkylation sites (tertiary alicyclic amines) is 1. The molecule has 0 aliphatic carbocycles. The second-order valence-electron chi connectivity index (χ2n) is 4.64. The topological polar surface area (TPSA) is 116 Å². The van der Waals surface area contributed by atoms with E-state index in [4.69, 9.17) is 15.4 Å². The van der Waals surface area contributed by atoms with E-state index < -0.39 is 24.1 Å². The molecule has 1 saturated heterocycles. The van der Waals surface area contributed by atoms with E-state index in [9.17, 15) is 9.59 Å². The summed E-state index contributed by atoms with van der Waals surface area (Å²) in [7, 11) is 0. The number of hydrogen-bond acceptors (Lipinski definition) is 4. The van der Waals surface area contributed by atoms with Crippen molar-refractivity contribution in [1.29, 1.82) is 0 Å². The van der Waals surface area contributed by atoms with Crippen molar-refractivity contribution in [3.05, 3.63) is 46.3 Å². The van der Waals surface area contributed by atoms with Crippen LogP contribution in [0, 0.1) is 0 Å². The second kappa shape index (κ2) is 6.62. The number of azide groups is 1. The first-order valence-electron chi connectivity index (χ1n) is 6.36. The van der Waals surface area contributed by atoms with Crippen LogP contribution in [0.1, 0.15) is 12.0 Å². The van der Waals surface area contributed by atoms with Crippen molar-refractivity contribution in [3.8, 4) is 0 Å². The van der Waals surface area contributed by atoms with E-state index in [1.54, 1.807) is 12.1 Å². The minimum Gasteiger partial charge on any atom is -0.480 e. The molecule has 1 aliphatic heterocycles. The van der Waals surface area contributed by atoms with Crippen LogP contribution in [0.15, 0.2) is 35.4 Å². The Labute approximate surface area is 120 Å². The number of hydrogen-bond donors (Lipinski definition) is 1. The molecule has 21 heavy (non-hydrogen) atoms. The van der Waals surface area contributed by atoms with E-state index in [1.165, 1.54) is 0 Å². The molecule has 0 saturated carbocycles. The van der Waals surface area contributed by atoms with Crippen LogP contribution in [-0.2, 0) is 16.1 Å². The summed E-state index contributed by atoms with van der Waals surface area (Å²) in [6.07, 6.45) is -0.623. The third-order valence-electron chi connectivity index (χ3n) is 3.22. The van der Waals surface area contributed by atoms with Gasteiger partial charge in [0.1, 0.15) is 12.6 Å². The van der Waals surface area contributed by atoms with Gasteiger partial charge >= 0.3 is 12.1 Å². The molecule has 1 amide bonds. The van der Waals surface area contributed by atoms with E-state index in [1.807, 2.05) is 18.2 Å². The smallest absolute Gasteiger partial charge is 0.410 e. The maximum Gasteiger partial charge on any atom is 0.410 e. The summed E-state index contributed by atoms with van der Waals surface area (Å²) in [6, 6.07) is 7.51. The first-order chi connectivity index (χ1) is 10.1. The number of carboxylic acid groups (broad SMARTS) is 1. The van der Waals surface area contributed by atoms with Crippen LogP contribution in [0.4, 0.5) is 4.79 Å². The summed E-state index contributed by atoms with van der Waals surface area (Å²) in [5.74, 6) is -1.14. The predicted octanol–water partition coefficient (Wildman–Crippen LogP) is 2.16. The zero-order valence-corrected chi connectivity index (χ0v) is 11.1. The van der Waals surface area contributed by atoms with Gasteiger partial charge in [-0.1, -0.05) is 35.4 Å². The maximum absolute atomic E-state index is 12.0. The van der Waals surface area contributed by atoms with Crippen molar-refractivity contribution >= 4 is 12.1 Å². The fourth-order valence-electron chi connectivity index (χ4n) is 2.21. The van der Waals surface area contributed by atoms with Crippen LogP contribution in [0.5, 0.6) is 0 Å². The van der Waals surface area contributed by atoms with E-state index in [0.717, 1.165) is 10.5 Å². The zero-order chi connectivity index (χ0) is 15.2. The number of carbonyl (C=O) groups is 2. The van der Waals surface area contributed by atoms with Crippen molar-refractivity contribution in [3.63, 3.8) is 0 Å². The summed E-state index contributed by atoms with van der Waals surface area (Å²) >= 11 is 0. The number of amides is 1. The highest BCUT2D eigenvalue weighted by Gasteiger charge is 2.40. The molecule has 1 heterocycles. The lowest BCUT2D eigenvalue weighted by Gasteiger charge is -2.20. The average molecular weight is 290 g/mol. The first kappa shape index (κ1) is 14.7. The quantitative estimate of drug-likeness (QED) is 0.519. The third-order valence-corrected chi connectivity index (χ3v) is 3.22. The number of carbonyl (C=O) groups excluding carboxylic acids is 1. The molecule has 8 nitrogen and oxygen atoms in total. The lowest BCUT2D eigenvalue weighted by molar-refractivity contribution is -0.141. The lowest BCUT2D eigenvalue weighted by Crippen LogP contribution is -2.40. The molecule has 110 valence electrons. The molecule has 0 unspecified atom stereocenters. The van der Waals surface area contributed by atoms with Gasteiger partial charge in [0.2, 0.25) is 0 Å². The van der Waals surface area contributed by atoms with Crippen molar-refractivity contribution in [2.45, 2.75) is 25.1 Å². The van der Waals surface area contributed by atoms with E-state index in [-0.39, 0.29) is 19.6 Å². The standard InChI is InChI=1S/C13H14N4O4/c14-16-15-10-6-11(12(18)19)17(7-10)13(20)21-8-9-4-2-1-3-5-9/h1-5,10-11H,6-8H2,(H,18,19)/t10-,11+/m1/s1. The van der Waals surface area contributed by atoms with Gasteiger partial charge in [0, 0.05) is 11.5 Å². The number of ether oxygens (including phenoxy) is 1. The minimum absolute atomic E-state index is 0.0502. The molecule has 1 N–H and O–H groups in total. The van der Waals surface area contributed by atoms with Gasteiger partial charge in [0.05, 0.1) is 6.04 Å². The molecular formula is C13H14N4O4. The molecule has 1 aromatic carbocycles. The van der Waals surface area contributed by atoms with Gasteiger partial charge < -0.3 is 9.84 Å². The third kappa shape index (κ3) is 3.64. The van der Waals surface area contributed by atoms with Gasteiger partial charge in [-0.15, -0.1) is 0 Å². The molecule has 8 heteroatoms. The molecule has 2 rings (SSSR count). The average Bonchev–Trinajstić information content (AvgIpc) is 2.90. The molecule has 1 aliphatic rings. The van der Waals surface area contributed by atoms with E-state index >= 15 is 0 Å². The largest absolute Gasteiger partial charge is 0.480 e. The molecule has 0 aromatic heterocycles. The van der Waals surface area contributed by atoms with Crippen molar-refractivity contribution < 1.29 is 19.4 Å². The zero-order valence-electron chi connectivity index (χ0n) is 11.1. The Kier molecular flexibility index (Phi) is 4.63. The monoisotopic (exact) mass is 290 g/mol. The molecule has 0 radical (unpaired) electrons. The van der Waals surface area contributed by atoms with Crippen LogP contribution < -0.4 is 0 Å². The van der Waals surface area contributed by atoms with Gasteiger partial charge in [-0.2, -0.15) is 0 Å². The Morgan fingerprint density at radius 3 is 2.76 bits per heavy atom. The number of aliphatic carboxylic acids is 1. The second-order valence-corrected chi connectivity index (χ2v) is 4.64. The summed E-state index contributed by atoms with van der Waals surface area (Å²) in [6.45, 7) is 0.114. The van der Waals surface area contributed by atoms with Crippen molar-refractivity contribution in [2.75, 3.05) is 6.54 Å². The Balaban J connectivity index is 1.99. The van der Waals surface area contributed by atoms with Gasteiger partial charge in [0.25, 0.3) is 0 Å². The van der Waals surface area contributed by atoms with Gasteiger partial charge in [0.15, 0.2) is 0 Å². The van der Waals surface area contributed by atoms with E-state index in [0.29, 0.717) is 0 Å². The number of benzene rings is 1. The predicted molar refractivity (Wildman–Crippen MR) is 72.3 cm³/mol. The van der Waals surface area contributed by atoms with Crippen LogP contribution in [-0.4, -0.2) is 40.7 Å². The molecular weight excluding hydrogens is 276 g/mol. The summed E-state index contributed by atoms with van der Waals surface area (Å²) in [5.41, 5.74) is 9.21. The number of carboxylic acids is 1. The lowest BCUT2D eigenvalue weighted by atomic mass is 10.2. The molecule has 1 fully saturated rings. The molecule has 2 atom stereocenters. The number of rotatable bonds is 4. The summed E-state index contributed by atoms with van der Waals surface area (Å²) < 4.78 is 5.11. The highest BCUT2D eigenvalue weighted by atomic mass is 16.6. The summed E-state index contributed by atoms with van der Waals surface area (Å²) in [5, 5.41) is 12.6. The van der Waals surface area contributed by atoms with E-state index in [2.05, 4.69) is 10.0 Å². The Morgan fingerprint density at radius 2 is 2.14 bits per heavy atom. The fraction of sp³-hybridized carbons (Fsp3) is 0.385. The summed E-state index contributed by atoms with van der Waals surface area (Å²) in [4.78, 5) is 26.9. The maximum atomic E-state index is 12.0. The molecule has 0 bridgehead atoms. The van der Waals surface area contributed by atoms with Gasteiger partial charge in [-0.25, -0.2) is 9.59 Å². The first-order valence-corrected chi connectivity index (χ1v) is 6.36. The van der Waals surface area contributed by atoms with Crippen LogP contribution in [0.25, 0.3) is 10.4 Å². The van der Waals surface area contributed by atoms with Crippen LogP contribution in [0.3, 0.4) is 0 Å². The minimum atomic E-state index is -1.14. The highest BCUT2D eigenvalue weighted by Crippen LogP contribution is 2.22. The van der Waals surface area contributed by atoms with Gasteiger partial charge in [-0.3, -0.25) is 4.90 Å².